The lowest BCUT2D eigenvalue weighted by Gasteiger charge is -2.20. The fourth-order valence-corrected chi connectivity index (χ4v) is 3.20. The third-order valence-electron chi connectivity index (χ3n) is 4.80. The van der Waals surface area contributed by atoms with Crippen LogP contribution >= 0.6 is 0 Å². The second-order valence-electron chi connectivity index (χ2n) is 6.47. The van der Waals surface area contributed by atoms with E-state index in [-0.39, 0.29) is 24.3 Å². The van der Waals surface area contributed by atoms with Crippen LogP contribution in [-0.4, -0.2) is 41.0 Å². The SMILES string of the molecule is CCC(CC)C(O)CNC(=O)c1cccc(CN2CCCC2=O)c1. The predicted molar refractivity (Wildman–Crippen MR) is 93.5 cm³/mol. The van der Waals surface area contributed by atoms with Crippen LogP contribution in [-0.2, 0) is 11.3 Å². The highest BCUT2D eigenvalue weighted by Gasteiger charge is 2.20. The van der Waals surface area contributed by atoms with Crippen molar-refractivity contribution >= 4 is 11.8 Å². The number of nitrogens with zero attached hydrogens (tertiary/aromatic N) is 1. The van der Waals surface area contributed by atoms with Gasteiger partial charge in [-0.25, -0.2) is 0 Å². The van der Waals surface area contributed by atoms with E-state index in [2.05, 4.69) is 5.32 Å². The van der Waals surface area contributed by atoms with Gasteiger partial charge in [-0.15, -0.1) is 0 Å². The molecular formula is C19H28N2O3. The van der Waals surface area contributed by atoms with E-state index < -0.39 is 6.10 Å². The minimum atomic E-state index is -0.519. The minimum Gasteiger partial charge on any atom is -0.391 e. The first kappa shape index (κ1) is 18.5. The molecule has 0 radical (unpaired) electrons. The zero-order chi connectivity index (χ0) is 17.5. The summed E-state index contributed by atoms with van der Waals surface area (Å²) in [6.45, 7) is 5.69. The second-order valence-corrected chi connectivity index (χ2v) is 6.47. The largest absolute Gasteiger partial charge is 0.391 e. The number of rotatable bonds is 8. The van der Waals surface area contributed by atoms with E-state index in [1.807, 2.05) is 36.9 Å². The number of carbonyl (C=O) groups is 2. The predicted octanol–water partition coefficient (Wildman–Crippen LogP) is 2.34. The van der Waals surface area contributed by atoms with Crippen LogP contribution < -0.4 is 5.32 Å². The number of benzene rings is 1. The summed E-state index contributed by atoms with van der Waals surface area (Å²) in [5.41, 5.74) is 1.52. The number of amides is 2. The maximum Gasteiger partial charge on any atom is 0.251 e. The van der Waals surface area contributed by atoms with Gasteiger partial charge in [0.2, 0.25) is 5.91 Å². The van der Waals surface area contributed by atoms with Crippen LogP contribution in [0.15, 0.2) is 24.3 Å². The third-order valence-corrected chi connectivity index (χ3v) is 4.80. The Morgan fingerprint density at radius 2 is 2.08 bits per heavy atom. The van der Waals surface area contributed by atoms with Crippen LogP contribution in [0.5, 0.6) is 0 Å². The summed E-state index contributed by atoms with van der Waals surface area (Å²) in [6.07, 6.45) is 2.80. The molecule has 2 rings (SSSR count). The van der Waals surface area contributed by atoms with Gasteiger partial charge >= 0.3 is 0 Å². The highest BCUT2D eigenvalue weighted by molar-refractivity contribution is 5.94. The maximum atomic E-state index is 12.3. The summed E-state index contributed by atoms with van der Waals surface area (Å²) in [7, 11) is 0. The molecule has 1 aromatic rings. The molecule has 1 atom stereocenters. The van der Waals surface area contributed by atoms with Gasteiger partial charge in [-0.1, -0.05) is 38.8 Å². The molecule has 5 nitrogen and oxygen atoms in total. The Labute approximate surface area is 144 Å². The highest BCUT2D eigenvalue weighted by Crippen LogP contribution is 2.16. The van der Waals surface area contributed by atoms with Gasteiger partial charge < -0.3 is 15.3 Å². The van der Waals surface area contributed by atoms with Crippen molar-refractivity contribution in [1.82, 2.24) is 10.2 Å². The zero-order valence-electron chi connectivity index (χ0n) is 14.6. The smallest absolute Gasteiger partial charge is 0.251 e. The summed E-state index contributed by atoms with van der Waals surface area (Å²) in [6, 6.07) is 7.35. The number of aliphatic hydroxyl groups excluding tert-OH is 1. The first-order valence-corrected chi connectivity index (χ1v) is 8.88. The van der Waals surface area contributed by atoms with Crippen molar-refractivity contribution in [3.8, 4) is 0 Å². The fourth-order valence-electron chi connectivity index (χ4n) is 3.20. The van der Waals surface area contributed by atoms with Gasteiger partial charge in [0.05, 0.1) is 6.10 Å². The van der Waals surface area contributed by atoms with Gasteiger partial charge in [-0.2, -0.15) is 0 Å². The number of carbonyl (C=O) groups excluding carboxylic acids is 2. The van der Waals surface area contributed by atoms with Gasteiger partial charge in [-0.3, -0.25) is 9.59 Å². The molecule has 2 N–H and O–H groups in total. The van der Waals surface area contributed by atoms with E-state index in [1.54, 1.807) is 6.07 Å². The van der Waals surface area contributed by atoms with Gasteiger partial charge in [0, 0.05) is 31.6 Å². The van der Waals surface area contributed by atoms with Gasteiger partial charge in [0.1, 0.15) is 0 Å². The normalized spacial score (nSPS) is 15.8. The number of likely N-dealkylation sites (tertiary alicyclic amines) is 1. The number of hydrogen-bond donors (Lipinski definition) is 2. The molecule has 0 aromatic heterocycles. The molecule has 0 saturated carbocycles. The Bertz CT molecular complexity index is 569. The summed E-state index contributed by atoms with van der Waals surface area (Å²) in [4.78, 5) is 25.8. The molecule has 1 saturated heterocycles. The molecular weight excluding hydrogens is 304 g/mol. The topological polar surface area (TPSA) is 69.6 Å². The van der Waals surface area contributed by atoms with Gasteiger partial charge in [0.15, 0.2) is 0 Å². The molecule has 24 heavy (non-hydrogen) atoms. The van der Waals surface area contributed by atoms with Crippen molar-refractivity contribution in [3.05, 3.63) is 35.4 Å². The van der Waals surface area contributed by atoms with E-state index in [0.717, 1.165) is 31.4 Å². The van der Waals surface area contributed by atoms with E-state index >= 15 is 0 Å². The van der Waals surface area contributed by atoms with Crippen molar-refractivity contribution in [1.29, 1.82) is 0 Å². The van der Waals surface area contributed by atoms with Gasteiger partial charge in [0.25, 0.3) is 5.91 Å². The van der Waals surface area contributed by atoms with E-state index in [4.69, 9.17) is 0 Å². The van der Waals surface area contributed by atoms with Crippen LogP contribution in [0, 0.1) is 5.92 Å². The van der Waals surface area contributed by atoms with Crippen LogP contribution in [0.2, 0.25) is 0 Å². The van der Waals surface area contributed by atoms with Crippen molar-refractivity contribution in [3.63, 3.8) is 0 Å². The van der Waals surface area contributed by atoms with Crippen molar-refractivity contribution in [2.24, 2.45) is 5.92 Å². The van der Waals surface area contributed by atoms with Crippen LogP contribution in [0.4, 0.5) is 0 Å². The first-order chi connectivity index (χ1) is 11.5. The number of nitrogens with one attached hydrogen (secondary N) is 1. The standard InChI is InChI=1S/C19H28N2O3/c1-3-15(4-2)17(22)12-20-19(24)16-8-5-7-14(11-16)13-21-10-6-9-18(21)23/h5,7-8,11,15,17,22H,3-4,6,9-10,12-13H2,1-2H3,(H,20,24). The number of aliphatic hydroxyl groups is 1. The maximum absolute atomic E-state index is 12.3. The Kier molecular flexibility index (Phi) is 6.79. The number of hydrogen-bond acceptors (Lipinski definition) is 3. The third kappa shape index (κ3) is 4.81. The lowest BCUT2D eigenvalue weighted by atomic mass is 9.96. The van der Waals surface area contributed by atoms with Crippen molar-refractivity contribution in [2.45, 2.75) is 52.2 Å². The molecule has 1 aliphatic rings. The molecule has 132 valence electrons. The lowest BCUT2D eigenvalue weighted by Crippen LogP contribution is -2.36. The zero-order valence-corrected chi connectivity index (χ0v) is 14.6. The van der Waals surface area contributed by atoms with Gasteiger partial charge in [-0.05, 0) is 30.0 Å². The average molecular weight is 332 g/mol. The van der Waals surface area contributed by atoms with Crippen molar-refractivity contribution < 1.29 is 14.7 Å². The quantitative estimate of drug-likeness (QED) is 0.768. The molecule has 1 aromatic carbocycles. The molecule has 1 unspecified atom stereocenters. The Hall–Kier alpha value is -1.88. The lowest BCUT2D eigenvalue weighted by molar-refractivity contribution is -0.128. The highest BCUT2D eigenvalue weighted by atomic mass is 16.3. The second kappa shape index (κ2) is 8.83. The first-order valence-electron chi connectivity index (χ1n) is 8.88. The summed E-state index contributed by atoms with van der Waals surface area (Å²) >= 11 is 0. The summed E-state index contributed by atoms with van der Waals surface area (Å²) < 4.78 is 0. The molecule has 0 bridgehead atoms. The molecule has 2 amide bonds. The van der Waals surface area contributed by atoms with E-state index in [1.165, 1.54) is 0 Å². The van der Waals surface area contributed by atoms with Crippen LogP contribution in [0.1, 0.15) is 55.5 Å². The molecule has 1 aliphatic heterocycles. The van der Waals surface area contributed by atoms with Crippen LogP contribution in [0.3, 0.4) is 0 Å². The summed E-state index contributed by atoms with van der Waals surface area (Å²) in [5, 5.41) is 12.9. The Morgan fingerprint density at radius 3 is 2.71 bits per heavy atom. The molecule has 0 spiro atoms. The molecule has 1 heterocycles. The Morgan fingerprint density at radius 1 is 1.33 bits per heavy atom. The minimum absolute atomic E-state index is 0.179. The van der Waals surface area contributed by atoms with E-state index in [0.29, 0.717) is 18.5 Å². The van der Waals surface area contributed by atoms with Crippen LogP contribution in [0.25, 0.3) is 0 Å². The van der Waals surface area contributed by atoms with Crippen molar-refractivity contribution in [2.75, 3.05) is 13.1 Å². The molecule has 0 aliphatic carbocycles. The average Bonchev–Trinajstić information content (AvgIpc) is 2.99. The Balaban J connectivity index is 1.92. The molecule has 1 fully saturated rings. The fraction of sp³-hybridized carbons (Fsp3) is 0.579. The summed E-state index contributed by atoms with van der Waals surface area (Å²) in [5.74, 6) is 0.200. The monoisotopic (exact) mass is 332 g/mol. The van der Waals surface area contributed by atoms with E-state index in [9.17, 15) is 14.7 Å². The molecule has 5 heteroatoms.